The number of rotatable bonds is 13. The van der Waals surface area contributed by atoms with E-state index in [1.165, 1.54) is 35.5 Å². The maximum Gasteiger partial charge on any atom is 0.255 e. The van der Waals surface area contributed by atoms with Gasteiger partial charge in [0, 0.05) is 69.7 Å². The fraction of sp³-hybridized carbons (Fsp3) is 0.323. The van der Waals surface area contributed by atoms with E-state index >= 15 is 0 Å². The van der Waals surface area contributed by atoms with Crippen LogP contribution in [0.4, 0.5) is 5.69 Å². The summed E-state index contributed by atoms with van der Waals surface area (Å²) < 4.78 is 5.99. The maximum absolute atomic E-state index is 13.7. The fourth-order valence-electron chi connectivity index (χ4n) is 5.07. The predicted molar refractivity (Wildman–Crippen MR) is 165 cm³/mol. The van der Waals surface area contributed by atoms with Gasteiger partial charge in [-0.05, 0) is 41.8 Å². The van der Waals surface area contributed by atoms with Crippen LogP contribution in [-0.4, -0.2) is 87.6 Å². The van der Waals surface area contributed by atoms with Crippen LogP contribution in [0.2, 0.25) is 0 Å². The summed E-state index contributed by atoms with van der Waals surface area (Å²) in [4.78, 5) is 78.3. The van der Waals surface area contributed by atoms with Gasteiger partial charge in [-0.15, -0.1) is 23.5 Å². The first-order chi connectivity index (χ1) is 21.2. The van der Waals surface area contributed by atoms with Gasteiger partial charge in [-0.25, -0.2) is 0 Å². The average molecular weight is 636 g/mol. The zero-order chi connectivity index (χ0) is 31.4. The maximum atomic E-state index is 13.7. The Morgan fingerprint density at radius 2 is 1.70 bits per heavy atom. The predicted octanol–water partition coefficient (Wildman–Crippen LogP) is 3.00. The molecule has 1 saturated heterocycles. The van der Waals surface area contributed by atoms with Gasteiger partial charge >= 0.3 is 0 Å². The van der Waals surface area contributed by atoms with Crippen molar-refractivity contribution in [2.75, 3.05) is 32.2 Å². The lowest BCUT2D eigenvalue weighted by Gasteiger charge is -2.50. The van der Waals surface area contributed by atoms with Crippen molar-refractivity contribution in [3.05, 3.63) is 82.4 Å². The number of hydrogen-bond donors (Lipinski definition) is 1. The monoisotopic (exact) mass is 635 g/mol. The van der Waals surface area contributed by atoms with Gasteiger partial charge in [0.2, 0.25) is 5.91 Å². The largest absolute Gasteiger partial charge is 0.497 e. The van der Waals surface area contributed by atoms with E-state index in [2.05, 4.69) is 5.32 Å². The molecule has 1 N–H and O–H groups in total. The number of benzene rings is 2. The number of β-lactam (4-membered cyclic amide) rings is 1. The van der Waals surface area contributed by atoms with Gasteiger partial charge in [0.15, 0.2) is 12.8 Å². The number of amides is 4. The van der Waals surface area contributed by atoms with Gasteiger partial charge in [-0.2, -0.15) is 0 Å². The number of nitrogens with zero attached hydrogens (tertiary/aromatic N) is 3. The highest BCUT2D eigenvalue weighted by Gasteiger charge is 2.53. The van der Waals surface area contributed by atoms with Gasteiger partial charge in [0.05, 0.1) is 12.8 Å². The van der Waals surface area contributed by atoms with Crippen molar-refractivity contribution in [1.29, 1.82) is 0 Å². The van der Waals surface area contributed by atoms with E-state index in [-0.39, 0.29) is 31.1 Å². The van der Waals surface area contributed by atoms with Crippen LogP contribution in [0.3, 0.4) is 0 Å². The molecule has 13 heteroatoms. The molecule has 44 heavy (non-hydrogen) atoms. The summed E-state index contributed by atoms with van der Waals surface area (Å²) in [5, 5.41) is 2.29. The molecule has 2 atom stereocenters. The first-order valence-electron chi connectivity index (χ1n) is 14.0. The molecular weight excluding hydrogens is 604 g/mol. The Labute approximate surface area is 262 Å². The van der Waals surface area contributed by atoms with E-state index in [0.717, 1.165) is 43.6 Å². The molecule has 228 valence electrons. The Hall–Kier alpha value is -4.23. The van der Waals surface area contributed by atoms with Crippen molar-refractivity contribution in [3.63, 3.8) is 0 Å². The Morgan fingerprint density at radius 1 is 1.02 bits per heavy atom. The number of aryl methyl sites for hydroxylation is 1. The summed E-state index contributed by atoms with van der Waals surface area (Å²) in [6, 6.07) is 13.8. The van der Waals surface area contributed by atoms with Gasteiger partial charge in [-0.3, -0.25) is 33.8 Å². The number of fused-ring (bicyclic) bond motifs is 1. The molecule has 3 heterocycles. The number of allylic oxidation sites excluding steroid dienone is 1. The molecule has 4 amide bonds. The van der Waals surface area contributed by atoms with E-state index in [9.17, 15) is 28.9 Å². The van der Waals surface area contributed by atoms with Crippen molar-refractivity contribution >= 4 is 58.6 Å². The molecule has 5 rings (SSSR count). The minimum Gasteiger partial charge on any atom is -0.497 e. The molecular formula is C31H31N4O7S2+. The van der Waals surface area contributed by atoms with Gasteiger partial charge in [0.25, 0.3) is 23.4 Å². The number of thioether (sulfide) groups is 2. The number of methoxy groups -OCH3 is 1. The third kappa shape index (κ3) is 6.78. The lowest BCUT2D eigenvalue weighted by atomic mass is 9.97. The summed E-state index contributed by atoms with van der Waals surface area (Å²) in [6.07, 6.45) is 2.86. The zero-order valence-electron chi connectivity index (χ0n) is 24.2. The van der Waals surface area contributed by atoms with Crippen molar-refractivity contribution in [2.24, 2.45) is 0 Å². The van der Waals surface area contributed by atoms with Crippen molar-refractivity contribution in [1.82, 2.24) is 15.1 Å². The molecule has 0 radical (unpaired) electrons. The van der Waals surface area contributed by atoms with Crippen LogP contribution in [0.15, 0.2) is 76.8 Å². The number of ether oxygens (including phenoxy) is 1. The number of hydrogen-bond acceptors (Lipinski definition) is 9. The average Bonchev–Trinajstić information content (AvgIpc) is 3.36. The Bertz CT molecular complexity index is 1550. The molecule has 1 fully saturated rings. The third-order valence-electron chi connectivity index (χ3n) is 7.50. The fourth-order valence-corrected chi connectivity index (χ4v) is 7.46. The standard InChI is InChI=1S/C31H30N4O7S2/c1-33(41)21-6-10-23(11-7-21)43-17-20-18-44-31-28(32-25(37)15-16-34-26(38)13-14-27(34)39)30(40)35(31)29(20)24(36)12-5-19-3-8-22(42-2)9-4-19/h3-4,6-11,13-14,28,31H,5,12,15-18H2,1-2H3/p+1. The molecule has 0 spiro atoms. The summed E-state index contributed by atoms with van der Waals surface area (Å²) in [5.74, 6) is -0.230. The Balaban J connectivity index is 1.28. The molecule has 11 nitrogen and oxygen atoms in total. The number of imide groups is 1. The van der Waals surface area contributed by atoms with E-state index in [1.807, 2.05) is 36.4 Å². The molecule has 0 aromatic heterocycles. The van der Waals surface area contributed by atoms with Crippen LogP contribution in [0.5, 0.6) is 5.75 Å². The minimum absolute atomic E-state index is 0.0820. The Morgan fingerprint density at radius 3 is 2.34 bits per heavy atom. The summed E-state index contributed by atoms with van der Waals surface area (Å²) in [5.41, 5.74) is 2.71. The summed E-state index contributed by atoms with van der Waals surface area (Å²) in [6.45, 7) is -0.0820. The molecule has 0 aliphatic carbocycles. The van der Waals surface area contributed by atoms with E-state index in [4.69, 9.17) is 4.74 Å². The van der Waals surface area contributed by atoms with E-state index < -0.39 is 29.1 Å². The van der Waals surface area contributed by atoms with Crippen LogP contribution in [0.25, 0.3) is 0 Å². The summed E-state index contributed by atoms with van der Waals surface area (Å²) >= 11 is 2.99. The molecule has 2 unspecified atom stereocenters. The number of nitroso groups, excluding NO2 is 1. The molecule has 3 aliphatic heterocycles. The van der Waals surface area contributed by atoms with Crippen molar-refractivity contribution in [2.45, 2.75) is 35.6 Å². The second-order valence-corrected chi connectivity index (χ2v) is 12.5. The second-order valence-electron chi connectivity index (χ2n) is 10.4. The normalized spacial score (nSPS) is 19.2. The Kier molecular flexibility index (Phi) is 9.64. The van der Waals surface area contributed by atoms with Crippen LogP contribution in [0.1, 0.15) is 18.4 Å². The highest BCUT2D eigenvalue weighted by molar-refractivity contribution is 8.01. The quantitative estimate of drug-likeness (QED) is 0.153. The molecule has 2 aromatic carbocycles. The van der Waals surface area contributed by atoms with E-state index in [1.54, 1.807) is 19.2 Å². The lowest BCUT2D eigenvalue weighted by molar-refractivity contribution is -0.428. The highest BCUT2D eigenvalue weighted by Crippen LogP contribution is 2.42. The lowest BCUT2D eigenvalue weighted by Crippen LogP contribution is -2.70. The second kappa shape index (κ2) is 13.6. The van der Waals surface area contributed by atoms with Crippen LogP contribution in [-0.2, 0) is 30.4 Å². The topological polar surface area (TPSA) is 133 Å². The number of nitrogens with one attached hydrogen (secondary N) is 1. The molecule has 3 aliphatic rings. The number of carbonyl (C=O) groups excluding carboxylic acids is 5. The number of Topliss-reactive ketones (excluding diaryl/α,β-unsaturated/α-hetero) is 1. The third-order valence-corrected chi connectivity index (χ3v) is 9.94. The zero-order valence-corrected chi connectivity index (χ0v) is 25.8. The molecule has 0 saturated carbocycles. The minimum atomic E-state index is -0.814. The van der Waals surface area contributed by atoms with Gasteiger partial charge in [-0.1, -0.05) is 12.1 Å². The molecule has 0 bridgehead atoms. The van der Waals surface area contributed by atoms with E-state index in [0.29, 0.717) is 29.3 Å². The molecule has 2 aromatic rings. The van der Waals surface area contributed by atoms with Crippen molar-refractivity contribution in [3.8, 4) is 5.75 Å². The number of ketones is 1. The first-order valence-corrected chi connectivity index (χ1v) is 16.0. The van der Waals surface area contributed by atoms with Crippen molar-refractivity contribution < 1.29 is 33.5 Å². The smallest absolute Gasteiger partial charge is 0.255 e. The van der Waals surface area contributed by atoms with Gasteiger partial charge < -0.3 is 10.1 Å². The highest BCUT2D eigenvalue weighted by atomic mass is 32.2. The van der Waals surface area contributed by atoms with Gasteiger partial charge in [0.1, 0.15) is 17.2 Å². The van der Waals surface area contributed by atoms with Crippen LogP contribution < -0.4 is 10.1 Å². The summed E-state index contributed by atoms with van der Waals surface area (Å²) in [7, 11) is 3.02. The number of carbonyl (C=O) groups is 5. The SMILES string of the molecule is COc1ccc(CCC(=O)C2=C(CSc3ccc([N+](C)=O)cc3)CSC3C(NC(=O)CCN4C(=O)C=CC4=O)C(=O)N23)cc1. The first kappa shape index (κ1) is 31.2. The van der Waals surface area contributed by atoms with Crippen LogP contribution in [0, 0.1) is 4.91 Å². The van der Waals surface area contributed by atoms with Crippen LogP contribution >= 0.6 is 23.5 Å².